The van der Waals surface area contributed by atoms with E-state index in [9.17, 15) is 12.8 Å². The summed E-state index contributed by atoms with van der Waals surface area (Å²) in [5, 5.41) is 3.24. The summed E-state index contributed by atoms with van der Waals surface area (Å²) in [6, 6.07) is 0.972. The highest BCUT2D eigenvalue weighted by Gasteiger charge is 2.28. The van der Waals surface area contributed by atoms with Gasteiger partial charge >= 0.3 is 0 Å². The zero-order chi connectivity index (χ0) is 13.9. The minimum atomic E-state index is -3.69. The number of nitrogens with one attached hydrogen (secondary N) is 2. The van der Waals surface area contributed by atoms with Crippen LogP contribution in [0.3, 0.4) is 0 Å². The van der Waals surface area contributed by atoms with Crippen LogP contribution in [0, 0.1) is 11.2 Å². The van der Waals surface area contributed by atoms with E-state index < -0.39 is 15.8 Å². The molecule has 2 rings (SSSR count). The van der Waals surface area contributed by atoms with E-state index in [0.717, 1.165) is 44.4 Å². The molecule has 1 aliphatic rings. The van der Waals surface area contributed by atoms with Gasteiger partial charge in [0.2, 0.25) is 10.0 Å². The fourth-order valence-electron chi connectivity index (χ4n) is 2.10. The smallest absolute Gasteiger partial charge is 0.242 e. The Morgan fingerprint density at radius 3 is 2.65 bits per heavy atom. The molecular formula is C12H19ClFN3O2S. The van der Waals surface area contributed by atoms with E-state index in [-0.39, 0.29) is 22.7 Å². The van der Waals surface area contributed by atoms with Crippen LogP contribution in [0.2, 0.25) is 0 Å². The van der Waals surface area contributed by atoms with Gasteiger partial charge in [0, 0.05) is 12.7 Å². The van der Waals surface area contributed by atoms with Crippen molar-refractivity contribution in [1.82, 2.24) is 15.0 Å². The van der Waals surface area contributed by atoms with Crippen molar-refractivity contribution in [3.63, 3.8) is 0 Å². The number of rotatable bonds is 4. The second kappa shape index (κ2) is 6.80. The molecule has 0 atom stereocenters. The molecule has 2 N–H and O–H groups in total. The van der Waals surface area contributed by atoms with E-state index in [1.54, 1.807) is 0 Å². The van der Waals surface area contributed by atoms with Crippen LogP contribution in [0.1, 0.15) is 19.8 Å². The molecule has 8 heteroatoms. The number of hydrogen-bond donors (Lipinski definition) is 2. The molecule has 1 aromatic heterocycles. The maximum atomic E-state index is 13.0. The summed E-state index contributed by atoms with van der Waals surface area (Å²) in [5.41, 5.74) is -0.0565. The van der Waals surface area contributed by atoms with Crippen molar-refractivity contribution in [2.75, 3.05) is 19.6 Å². The molecule has 1 aliphatic heterocycles. The van der Waals surface area contributed by atoms with Gasteiger partial charge in [0.15, 0.2) is 0 Å². The number of nitrogens with zero attached hydrogens (tertiary/aromatic N) is 1. The zero-order valence-electron chi connectivity index (χ0n) is 11.2. The number of aromatic nitrogens is 1. The van der Waals surface area contributed by atoms with Crippen LogP contribution in [0.15, 0.2) is 23.4 Å². The van der Waals surface area contributed by atoms with Crippen molar-refractivity contribution in [2.24, 2.45) is 5.41 Å². The predicted octanol–water partition coefficient (Wildman–Crippen LogP) is 1.31. The fourth-order valence-corrected chi connectivity index (χ4v) is 3.27. The fraction of sp³-hybridized carbons (Fsp3) is 0.583. The minimum absolute atomic E-state index is 0. The standard InChI is InChI=1S/C12H18FN3O2S.ClH/c1-12(2-4-14-5-3-12)9-16-19(17,18)11-6-10(13)7-15-8-11;/h6-8,14,16H,2-5,9H2,1H3;1H. The molecule has 1 fully saturated rings. The largest absolute Gasteiger partial charge is 0.317 e. The third kappa shape index (κ3) is 4.37. The highest BCUT2D eigenvalue weighted by Crippen LogP contribution is 2.27. The molecule has 20 heavy (non-hydrogen) atoms. The Kier molecular flexibility index (Phi) is 5.88. The van der Waals surface area contributed by atoms with Crippen molar-refractivity contribution in [3.8, 4) is 0 Å². The summed E-state index contributed by atoms with van der Waals surface area (Å²) in [6.45, 7) is 4.19. The summed E-state index contributed by atoms with van der Waals surface area (Å²) in [7, 11) is -3.69. The lowest BCUT2D eigenvalue weighted by molar-refractivity contribution is 0.232. The molecule has 0 bridgehead atoms. The number of pyridine rings is 1. The summed E-state index contributed by atoms with van der Waals surface area (Å²) in [4.78, 5) is 3.42. The SMILES string of the molecule is CC1(CNS(=O)(=O)c2cncc(F)c2)CCNCC1.Cl. The van der Waals surface area contributed by atoms with Crippen LogP contribution in [-0.4, -0.2) is 33.0 Å². The Balaban J connectivity index is 0.00000200. The molecule has 0 unspecified atom stereocenters. The normalized spacial score (nSPS) is 18.3. The van der Waals surface area contributed by atoms with Crippen molar-refractivity contribution < 1.29 is 12.8 Å². The molecule has 0 amide bonds. The van der Waals surface area contributed by atoms with Crippen molar-refractivity contribution in [3.05, 3.63) is 24.3 Å². The monoisotopic (exact) mass is 323 g/mol. The second-order valence-electron chi connectivity index (χ2n) is 5.22. The summed E-state index contributed by atoms with van der Waals surface area (Å²) < 4.78 is 39.6. The molecule has 0 radical (unpaired) electrons. The van der Waals surface area contributed by atoms with Crippen molar-refractivity contribution in [1.29, 1.82) is 0 Å². The summed E-state index contributed by atoms with van der Waals surface area (Å²) in [5.74, 6) is -0.657. The highest BCUT2D eigenvalue weighted by atomic mass is 35.5. The molecule has 0 saturated carbocycles. The van der Waals surface area contributed by atoms with Gasteiger partial charge in [0.05, 0.1) is 6.20 Å². The van der Waals surface area contributed by atoms with Gasteiger partial charge in [-0.3, -0.25) is 4.98 Å². The molecule has 0 spiro atoms. The first-order valence-electron chi connectivity index (χ1n) is 6.22. The Bertz CT molecular complexity index is 547. The lowest BCUT2D eigenvalue weighted by Crippen LogP contribution is -2.42. The number of halogens is 2. The van der Waals surface area contributed by atoms with Gasteiger partial charge in [-0.25, -0.2) is 17.5 Å². The quantitative estimate of drug-likeness (QED) is 0.876. The second-order valence-corrected chi connectivity index (χ2v) is 6.99. The van der Waals surface area contributed by atoms with Gasteiger partial charge in [0.25, 0.3) is 0 Å². The lowest BCUT2D eigenvalue weighted by atomic mass is 9.81. The number of sulfonamides is 1. The average Bonchev–Trinajstić information content (AvgIpc) is 2.38. The third-order valence-corrected chi connectivity index (χ3v) is 4.86. The predicted molar refractivity (Wildman–Crippen MR) is 76.8 cm³/mol. The summed E-state index contributed by atoms with van der Waals surface area (Å²) >= 11 is 0. The van der Waals surface area contributed by atoms with Gasteiger partial charge in [-0.05, 0) is 37.4 Å². The topological polar surface area (TPSA) is 71.1 Å². The van der Waals surface area contributed by atoms with E-state index >= 15 is 0 Å². The van der Waals surface area contributed by atoms with Crippen LogP contribution in [0.25, 0.3) is 0 Å². The van der Waals surface area contributed by atoms with Crippen molar-refractivity contribution >= 4 is 22.4 Å². The van der Waals surface area contributed by atoms with Crippen LogP contribution >= 0.6 is 12.4 Å². The molecule has 114 valence electrons. The van der Waals surface area contributed by atoms with E-state index in [1.807, 2.05) is 0 Å². The van der Waals surface area contributed by atoms with Crippen LogP contribution < -0.4 is 10.0 Å². The van der Waals surface area contributed by atoms with E-state index in [4.69, 9.17) is 0 Å². The molecule has 1 aromatic rings. The first-order chi connectivity index (χ1) is 8.91. The summed E-state index contributed by atoms with van der Waals surface area (Å²) in [6.07, 6.45) is 3.96. The van der Waals surface area contributed by atoms with E-state index in [1.165, 1.54) is 0 Å². The van der Waals surface area contributed by atoms with Crippen LogP contribution in [0.5, 0.6) is 0 Å². The molecule has 0 aliphatic carbocycles. The lowest BCUT2D eigenvalue weighted by Gasteiger charge is -2.34. The van der Waals surface area contributed by atoms with Gasteiger partial charge in [0.1, 0.15) is 10.7 Å². The average molecular weight is 324 g/mol. The molecule has 0 aromatic carbocycles. The highest BCUT2D eigenvalue weighted by molar-refractivity contribution is 7.89. The molecule has 5 nitrogen and oxygen atoms in total. The van der Waals surface area contributed by atoms with E-state index in [0.29, 0.717) is 6.54 Å². The Morgan fingerprint density at radius 1 is 1.40 bits per heavy atom. The maximum Gasteiger partial charge on any atom is 0.242 e. The molecule has 2 heterocycles. The van der Waals surface area contributed by atoms with E-state index in [2.05, 4.69) is 21.9 Å². The minimum Gasteiger partial charge on any atom is -0.317 e. The zero-order valence-corrected chi connectivity index (χ0v) is 12.9. The Labute approximate surface area is 124 Å². The molecule has 1 saturated heterocycles. The number of piperidine rings is 1. The third-order valence-electron chi connectivity index (χ3n) is 3.49. The Morgan fingerprint density at radius 2 is 2.05 bits per heavy atom. The van der Waals surface area contributed by atoms with Crippen molar-refractivity contribution in [2.45, 2.75) is 24.7 Å². The van der Waals surface area contributed by atoms with Gasteiger partial charge in [-0.15, -0.1) is 12.4 Å². The van der Waals surface area contributed by atoms with Crippen LogP contribution in [-0.2, 0) is 10.0 Å². The van der Waals surface area contributed by atoms with Crippen LogP contribution in [0.4, 0.5) is 4.39 Å². The first kappa shape index (κ1) is 17.3. The Hall–Kier alpha value is -0.760. The van der Waals surface area contributed by atoms with Gasteiger partial charge < -0.3 is 5.32 Å². The van der Waals surface area contributed by atoms with Gasteiger partial charge in [-0.1, -0.05) is 6.92 Å². The first-order valence-corrected chi connectivity index (χ1v) is 7.71. The number of hydrogen-bond acceptors (Lipinski definition) is 4. The molecular weight excluding hydrogens is 305 g/mol. The van der Waals surface area contributed by atoms with Gasteiger partial charge in [-0.2, -0.15) is 0 Å². The maximum absolute atomic E-state index is 13.0.